The fraction of sp³-hybridized carbons (Fsp3) is 0. The van der Waals surface area contributed by atoms with Gasteiger partial charge in [0.05, 0.1) is 16.4 Å². The molecule has 4 rings (SSSR count). The largest absolute Gasteiger partial charge is 0.313 e. The molecule has 80 valence electrons. The minimum absolute atomic E-state index is 0.0480. The summed E-state index contributed by atoms with van der Waals surface area (Å²) in [5.41, 5.74) is 1.81. The molecule has 0 fully saturated rings. The number of hydrogen-bond acceptors (Lipinski definition) is 2. The van der Waals surface area contributed by atoms with Crippen LogP contribution in [-0.4, -0.2) is 9.38 Å². The van der Waals surface area contributed by atoms with Gasteiger partial charge in [-0.15, -0.1) is 0 Å². The lowest BCUT2D eigenvalue weighted by Gasteiger charge is -2.06. The van der Waals surface area contributed by atoms with E-state index in [2.05, 4.69) is 4.98 Å². The number of rotatable bonds is 0. The molecular weight excluding hydrogens is 212 g/mol. The Morgan fingerprint density at radius 1 is 1.00 bits per heavy atom. The molecule has 0 atom stereocenters. The summed E-state index contributed by atoms with van der Waals surface area (Å²) in [5.74, 6) is 0. The molecule has 3 heterocycles. The van der Waals surface area contributed by atoms with Crippen LogP contribution < -0.4 is 5.43 Å². The van der Waals surface area contributed by atoms with Gasteiger partial charge in [-0.25, -0.2) is 0 Å². The van der Waals surface area contributed by atoms with Crippen LogP contribution in [0.3, 0.4) is 0 Å². The summed E-state index contributed by atoms with van der Waals surface area (Å²) in [6, 6.07) is 9.74. The Morgan fingerprint density at radius 3 is 2.82 bits per heavy atom. The zero-order chi connectivity index (χ0) is 11.4. The molecule has 0 amide bonds. The van der Waals surface area contributed by atoms with E-state index in [4.69, 9.17) is 0 Å². The molecule has 0 radical (unpaired) electrons. The van der Waals surface area contributed by atoms with Crippen molar-refractivity contribution in [1.82, 2.24) is 9.38 Å². The first-order valence-corrected chi connectivity index (χ1v) is 5.45. The summed E-state index contributed by atoms with van der Waals surface area (Å²) in [5, 5.41) is 2.70. The van der Waals surface area contributed by atoms with E-state index in [0.717, 1.165) is 16.3 Å². The minimum atomic E-state index is 0.0480. The third-order valence-electron chi connectivity index (χ3n) is 3.25. The molecule has 0 bridgehead atoms. The van der Waals surface area contributed by atoms with Crippen molar-refractivity contribution in [3.05, 3.63) is 59.1 Å². The van der Waals surface area contributed by atoms with Gasteiger partial charge >= 0.3 is 0 Å². The zero-order valence-electron chi connectivity index (χ0n) is 8.92. The monoisotopic (exact) mass is 220 g/mol. The highest BCUT2D eigenvalue weighted by atomic mass is 16.1. The Hall–Kier alpha value is -2.42. The van der Waals surface area contributed by atoms with Gasteiger partial charge in [0.2, 0.25) is 5.43 Å². The van der Waals surface area contributed by atoms with E-state index >= 15 is 0 Å². The molecule has 3 aromatic heterocycles. The van der Waals surface area contributed by atoms with Crippen LogP contribution in [0.5, 0.6) is 0 Å². The van der Waals surface area contributed by atoms with Crippen LogP contribution in [0.25, 0.3) is 27.2 Å². The normalized spacial score (nSPS) is 11.8. The summed E-state index contributed by atoms with van der Waals surface area (Å²) in [7, 11) is 0. The quantitative estimate of drug-likeness (QED) is 0.456. The Labute approximate surface area is 96.3 Å². The van der Waals surface area contributed by atoms with Crippen molar-refractivity contribution in [1.29, 1.82) is 0 Å². The second-order valence-corrected chi connectivity index (χ2v) is 4.15. The van der Waals surface area contributed by atoms with Crippen molar-refractivity contribution in [3.63, 3.8) is 0 Å². The molecule has 3 heteroatoms. The highest BCUT2D eigenvalue weighted by molar-refractivity contribution is 6.09. The molecule has 0 N–H and O–H groups in total. The van der Waals surface area contributed by atoms with Crippen LogP contribution in [0.15, 0.2) is 53.7 Å². The van der Waals surface area contributed by atoms with E-state index < -0.39 is 0 Å². The van der Waals surface area contributed by atoms with Crippen LogP contribution in [-0.2, 0) is 0 Å². The average molecular weight is 220 g/mol. The number of nitrogens with zero attached hydrogens (tertiary/aromatic N) is 2. The van der Waals surface area contributed by atoms with E-state index in [1.54, 1.807) is 12.4 Å². The number of aromatic nitrogens is 2. The van der Waals surface area contributed by atoms with Crippen LogP contribution in [0.4, 0.5) is 0 Å². The smallest absolute Gasteiger partial charge is 0.211 e. The third-order valence-corrected chi connectivity index (χ3v) is 3.25. The van der Waals surface area contributed by atoms with E-state index in [0.29, 0.717) is 10.9 Å². The maximum atomic E-state index is 12.3. The Bertz CT molecular complexity index is 903. The van der Waals surface area contributed by atoms with Crippen LogP contribution >= 0.6 is 0 Å². The summed E-state index contributed by atoms with van der Waals surface area (Å²) in [6.07, 6.45) is 5.38. The van der Waals surface area contributed by atoms with Gasteiger partial charge < -0.3 is 4.40 Å². The van der Waals surface area contributed by atoms with Gasteiger partial charge in [-0.05, 0) is 18.2 Å². The molecular formula is C14H8N2O. The van der Waals surface area contributed by atoms with Crippen molar-refractivity contribution < 1.29 is 0 Å². The van der Waals surface area contributed by atoms with Gasteiger partial charge in [-0.2, -0.15) is 0 Å². The third kappa shape index (κ3) is 0.959. The molecule has 4 aromatic rings. The topological polar surface area (TPSA) is 34.4 Å². The van der Waals surface area contributed by atoms with Crippen LogP contribution in [0, 0.1) is 0 Å². The number of hydrogen-bond donors (Lipinski definition) is 0. The standard InChI is InChI=1S/C14H8N2O/c17-14-10-8-15-7-9-3-1-4-11(13(9)10)16-6-2-5-12(14)16/h1-8H. The molecule has 0 saturated heterocycles. The van der Waals surface area contributed by atoms with Gasteiger partial charge in [0, 0.05) is 29.4 Å². The first-order chi connectivity index (χ1) is 8.36. The maximum Gasteiger partial charge on any atom is 0.211 e. The Balaban J connectivity index is 2.56. The predicted molar refractivity (Wildman–Crippen MR) is 67.7 cm³/mol. The SMILES string of the molecule is O=c1c2cncc3cccc(c32)n2cccc12. The Morgan fingerprint density at radius 2 is 1.88 bits per heavy atom. The fourth-order valence-electron chi connectivity index (χ4n) is 2.50. The first-order valence-electron chi connectivity index (χ1n) is 5.45. The lowest BCUT2D eigenvalue weighted by Crippen LogP contribution is -2.06. The lowest BCUT2D eigenvalue weighted by molar-refractivity contribution is 1.26. The van der Waals surface area contributed by atoms with E-state index in [-0.39, 0.29) is 5.43 Å². The van der Waals surface area contributed by atoms with Gasteiger partial charge in [0.15, 0.2) is 0 Å². The van der Waals surface area contributed by atoms with Crippen molar-refractivity contribution in [2.45, 2.75) is 0 Å². The highest BCUT2D eigenvalue weighted by Crippen LogP contribution is 2.24. The van der Waals surface area contributed by atoms with Crippen molar-refractivity contribution in [3.8, 4) is 0 Å². The molecule has 0 saturated carbocycles. The fourth-order valence-corrected chi connectivity index (χ4v) is 2.50. The first kappa shape index (κ1) is 8.70. The summed E-state index contributed by atoms with van der Waals surface area (Å²) in [6.45, 7) is 0. The summed E-state index contributed by atoms with van der Waals surface area (Å²) in [4.78, 5) is 16.4. The summed E-state index contributed by atoms with van der Waals surface area (Å²) >= 11 is 0. The molecule has 0 aliphatic carbocycles. The van der Waals surface area contributed by atoms with E-state index in [1.165, 1.54) is 0 Å². The molecule has 0 spiro atoms. The number of pyridine rings is 2. The average Bonchev–Trinajstić information content (AvgIpc) is 2.85. The molecule has 0 aliphatic rings. The van der Waals surface area contributed by atoms with E-state index in [9.17, 15) is 4.79 Å². The second kappa shape index (κ2) is 2.83. The number of benzene rings is 1. The van der Waals surface area contributed by atoms with Gasteiger partial charge in [-0.3, -0.25) is 9.78 Å². The maximum absolute atomic E-state index is 12.3. The van der Waals surface area contributed by atoms with Crippen molar-refractivity contribution in [2.24, 2.45) is 0 Å². The van der Waals surface area contributed by atoms with Crippen molar-refractivity contribution >= 4 is 27.2 Å². The second-order valence-electron chi connectivity index (χ2n) is 4.15. The minimum Gasteiger partial charge on any atom is -0.313 e. The molecule has 3 nitrogen and oxygen atoms in total. The summed E-state index contributed by atoms with van der Waals surface area (Å²) < 4.78 is 1.94. The Kier molecular flexibility index (Phi) is 1.45. The van der Waals surface area contributed by atoms with Crippen LogP contribution in [0.1, 0.15) is 0 Å². The predicted octanol–water partition coefficient (Wildman–Crippen LogP) is 2.44. The van der Waals surface area contributed by atoms with Gasteiger partial charge in [0.25, 0.3) is 0 Å². The van der Waals surface area contributed by atoms with Gasteiger partial charge in [-0.1, -0.05) is 12.1 Å². The van der Waals surface area contributed by atoms with Crippen molar-refractivity contribution in [2.75, 3.05) is 0 Å². The molecule has 1 aromatic carbocycles. The lowest BCUT2D eigenvalue weighted by atomic mass is 10.1. The molecule has 17 heavy (non-hydrogen) atoms. The molecule has 0 unspecified atom stereocenters. The van der Waals surface area contributed by atoms with Crippen LogP contribution in [0.2, 0.25) is 0 Å². The van der Waals surface area contributed by atoms with Gasteiger partial charge in [0.1, 0.15) is 0 Å². The molecule has 0 aliphatic heterocycles. The zero-order valence-corrected chi connectivity index (χ0v) is 8.92. The van der Waals surface area contributed by atoms with E-state index in [1.807, 2.05) is 40.9 Å². The highest BCUT2D eigenvalue weighted by Gasteiger charge is 2.10. The number of fused-ring (bicyclic) bond motifs is 2.